The van der Waals surface area contributed by atoms with Crippen molar-refractivity contribution in [3.8, 4) is 0 Å². The van der Waals surface area contributed by atoms with Gasteiger partial charge in [0.25, 0.3) is 0 Å². The van der Waals surface area contributed by atoms with Crippen LogP contribution in [0.15, 0.2) is 0 Å². The second-order valence-electron chi connectivity index (χ2n) is 2.43. The predicted octanol–water partition coefficient (Wildman–Crippen LogP) is 0.0422. The summed E-state index contributed by atoms with van der Waals surface area (Å²) in [7, 11) is -2.62. The van der Waals surface area contributed by atoms with Gasteiger partial charge in [0.2, 0.25) is 0 Å². The van der Waals surface area contributed by atoms with Crippen LogP contribution in [0.2, 0.25) is 6.04 Å². The monoisotopic (exact) mass is 230 g/mol. The molecule has 0 radical (unpaired) electrons. The summed E-state index contributed by atoms with van der Waals surface area (Å²) in [6.07, 6.45) is -0.283. The summed E-state index contributed by atoms with van der Waals surface area (Å²) >= 11 is 0. The van der Waals surface area contributed by atoms with Gasteiger partial charge in [-0.25, -0.2) is 0 Å². The van der Waals surface area contributed by atoms with E-state index in [0.717, 1.165) is 0 Å². The maximum atomic E-state index is 10.6. The third kappa shape index (κ3) is 4.87. The highest BCUT2D eigenvalue weighted by atomic mass is 31.2. The topological polar surface area (TPSA) is 85.2 Å². The molecule has 0 heterocycles. The summed E-state index contributed by atoms with van der Waals surface area (Å²) < 4.78 is 25.5. The molecule has 6 nitrogen and oxygen atoms in total. The molecule has 0 aromatic heterocycles. The van der Waals surface area contributed by atoms with Crippen molar-refractivity contribution in [2.24, 2.45) is 0 Å². The van der Waals surface area contributed by atoms with Crippen molar-refractivity contribution in [2.75, 3.05) is 27.5 Å². The van der Waals surface area contributed by atoms with E-state index in [1.165, 1.54) is 21.3 Å². The average molecular weight is 230 g/mol. The Bertz CT molecular complexity index is 179. The number of hydrogen-bond donors (Lipinski definition) is 2. The highest BCUT2D eigenvalue weighted by molar-refractivity contribution is 7.51. The van der Waals surface area contributed by atoms with E-state index in [1.54, 1.807) is 0 Å². The molecule has 0 aromatic carbocycles. The van der Waals surface area contributed by atoms with Crippen LogP contribution in [-0.4, -0.2) is 46.1 Å². The van der Waals surface area contributed by atoms with Crippen molar-refractivity contribution in [1.82, 2.24) is 0 Å². The number of rotatable bonds is 6. The Morgan fingerprint density at radius 3 is 1.77 bits per heavy atom. The van der Waals surface area contributed by atoms with Crippen molar-refractivity contribution in [3.63, 3.8) is 0 Å². The van der Waals surface area contributed by atoms with Gasteiger partial charge in [-0.05, 0) is 0 Å². The lowest BCUT2D eigenvalue weighted by Gasteiger charge is -2.24. The van der Waals surface area contributed by atoms with Crippen molar-refractivity contribution >= 4 is 16.4 Å². The van der Waals surface area contributed by atoms with Crippen LogP contribution in [-0.2, 0) is 17.8 Å². The SMILES string of the molecule is CO[Si](CCP(=O)(O)O)(OC)OC. The summed E-state index contributed by atoms with van der Waals surface area (Å²) in [5.74, 6) is 0. The van der Waals surface area contributed by atoms with E-state index in [0.29, 0.717) is 0 Å². The molecule has 0 aromatic rings. The van der Waals surface area contributed by atoms with Gasteiger partial charge in [0.15, 0.2) is 0 Å². The third-order valence-corrected chi connectivity index (χ3v) is 5.60. The standard InChI is InChI=1S/C5H15O6PSi/c1-9-13(10-2,11-3)5-4-12(6,7)8/h4-5H2,1-3H3,(H2,6,7,8). The van der Waals surface area contributed by atoms with Crippen LogP contribution in [0.5, 0.6) is 0 Å². The molecule has 0 rings (SSSR count). The van der Waals surface area contributed by atoms with E-state index in [9.17, 15) is 4.57 Å². The zero-order valence-electron chi connectivity index (χ0n) is 7.89. The van der Waals surface area contributed by atoms with Gasteiger partial charge in [0.1, 0.15) is 0 Å². The van der Waals surface area contributed by atoms with Gasteiger partial charge in [-0.2, -0.15) is 0 Å². The van der Waals surface area contributed by atoms with Crippen LogP contribution in [0.25, 0.3) is 0 Å². The molecule has 0 saturated heterocycles. The van der Waals surface area contributed by atoms with Gasteiger partial charge >= 0.3 is 16.4 Å². The first-order valence-corrected chi connectivity index (χ1v) is 7.32. The van der Waals surface area contributed by atoms with Crippen LogP contribution >= 0.6 is 7.60 Å². The molecule has 0 fully saturated rings. The Balaban J connectivity index is 4.19. The first-order chi connectivity index (χ1) is 5.89. The molecule has 0 aliphatic rings. The molecule has 0 saturated carbocycles. The Labute approximate surface area is 78.3 Å². The van der Waals surface area contributed by atoms with Gasteiger partial charge in [-0.3, -0.25) is 4.57 Å². The maximum Gasteiger partial charge on any atom is 0.500 e. The van der Waals surface area contributed by atoms with E-state index in [1.807, 2.05) is 0 Å². The lowest BCUT2D eigenvalue weighted by atomic mass is 11.0. The summed E-state index contributed by atoms with van der Waals surface area (Å²) in [5.41, 5.74) is 0. The predicted molar refractivity (Wildman–Crippen MR) is 48.5 cm³/mol. The molecule has 80 valence electrons. The van der Waals surface area contributed by atoms with Gasteiger partial charge < -0.3 is 23.1 Å². The summed E-state index contributed by atoms with van der Waals surface area (Å²) in [5, 5.41) is 0. The molecule has 13 heavy (non-hydrogen) atoms. The second-order valence-corrected chi connectivity index (χ2v) is 7.30. The fourth-order valence-electron chi connectivity index (χ4n) is 0.839. The lowest BCUT2D eigenvalue weighted by molar-refractivity contribution is 0.125. The van der Waals surface area contributed by atoms with Crippen LogP contribution < -0.4 is 0 Å². The minimum atomic E-state index is -4.01. The fraction of sp³-hybridized carbons (Fsp3) is 1.00. The Morgan fingerprint density at radius 2 is 1.54 bits per heavy atom. The summed E-state index contributed by atoms with van der Waals surface area (Å²) in [6, 6.07) is 0.112. The summed E-state index contributed by atoms with van der Waals surface area (Å²) in [6.45, 7) is 0. The molecule has 0 amide bonds. The van der Waals surface area contributed by atoms with Crippen LogP contribution in [0, 0.1) is 0 Å². The Kier molecular flexibility index (Phi) is 5.31. The van der Waals surface area contributed by atoms with E-state index in [2.05, 4.69) is 0 Å². The van der Waals surface area contributed by atoms with Crippen molar-refractivity contribution < 1.29 is 27.6 Å². The van der Waals surface area contributed by atoms with Gasteiger partial charge in [-0.15, -0.1) is 0 Å². The van der Waals surface area contributed by atoms with Gasteiger partial charge in [0, 0.05) is 27.4 Å². The van der Waals surface area contributed by atoms with Crippen molar-refractivity contribution in [1.29, 1.82) is 0 Å². The zero-order valence-corrected chi connectivity index (χ0v) is 9.78. The normalized spacial score (nSPS) is 13.3. The molecule has 2 N–H and O–H groups in total. The average Bonchev–Trinajstić information content (AvgIpc) is 2.06. The molecule has 0 unspecified atom stereocenters. The summed E-state index contributed by atoms with van der Waals surface area (Å²) in [4.78, 5) is 17.3. The van der Waals surface area contributed by atoms with Crippen LogP contribution in [0.1, 0.15) is 0 Å². The molecule has 0 spiro atoms. The van der Waals surface area contributed by atoms with E-state index >= 15 is 0 Å². The van der Waals surface area contributed by atoms with E-state index < -0.39 is 16.4 Å². The molecule has 0 aliphatic carbocycles. The molecular formula is C5H15O6PSi. The van der Waals surface area contributed by atoms with Crippen molar-refractivity contribution in [2.45, 2.75) is 6.04 Å². The van der Waals surface area contributed by atoms with Crippen molar-refractivity contribution in [3.05, 3.63) is 0 Å². The zero-order chi connectivity index (χ0) is 10.5. The highest BCUT2D eigenvalue weighted by Gasteiger charge is 2.39. The highest BCUT2D eigenvalue weighted by Crippen LogP contribution is 2.37. The lowest BCUT2D eigenvalue weighted by Crippen LogP contribution is -2.43. The molecule has 0 aliphatic heterocycles. The Hall–Kier alpha value is 0.247. The Morgan fingerprint density at radius 1 is 1.15 bits per heavy atom. The smallest absolute Gasteiger partial charge is 0.377 e. The first-order valence-electron chi connectivity index (χ1n) is 3.59. The largest absolute Gasteiger partial charge is 0.500 e. The van der Waals surface area contributed by atoms with E-state index in [-0.39, 0.29) is 12.2 Å². The molecule has 0 bridgehead atoms. The number of hydrogen-bond acceptors (Lipinski definition) is 4. The molecule has 0 atom stereocenters. The molecular weight excluding hydrogens is 215 g/mol. The molecule has 8 heteroatoms. The van der Waals surface area contributed by atoms with E-state index in [4.69, 9.17) is 23.1 Å². The van der Waals surface area contributed by atoms with Crippen LogP contribution in [0.3, 0.4) is 0 Å². The fourth-order valence-corrected chi connectivity index (χ4v) is 4.21. The van der Waals surface area contributed by atoms with Gasteiger partial charge in [0.05, 0.1) is 6.16 Å². The van der Waals surface area contributed by atoms with Gasteiger partial charge in [-0.1, -0.05) is 0 Å². The third-order valence-electron chi connectivity index (χ3n) is 1.64. The van der Waals surface area contributed by atoms with Crippen LogP contribution in [0.4, 0.5) is 0 Å². The second kappa shape index (κ2) is 5.21. The quantitative estimate of drug-likeness (QED) is 0.495. The maximum absolute atomic E-state index is 10.6. The minimum Gasteiger partial charge on any atom is -0.377 e. The minimum absolute atomic E-state index is 0.112. The first kappa shape index (κ1) is 13.2.